The van der Waals surface area contributed by atoms with Crippen molar-refractivity contribution in [2.75, 3.05) is 26.2 Å². The molecule has 1 saturated heterocycles. The van der Waals surface area contributed by atoms with Gasteiger partial charge in [0.05, 0.1) is 11.6 Å². The molecule has 1 heterocycles. The molecule has 5 heteroatoms. The second-order valence-electron chi connectivity index (χ2n) is 6.91. The van der Waals surface area contributed by atoms with Crippen molar-refractivity contribution in [2.24, 2.45) is 0 Å². The van der Waals surface area contributed by atoms with E-state index in [1.807, 2.05) is 45.0 Å². The Balaban J connectivity index is 1.88. The van der Waals surface area contributed by atoms with Gasteiger partial charge in [0, 0.05) is 32.7 Å². The van der Waals surface area contributed by atoms with E-state index in [9.17, 15) is 4.79 Å². The SMILES string of the molecule is CC(C)(C)OC(=O)N1CCCN(Cc2ccc(C#N)cc2)CC1. The van der Waals surface area contributed by atoms with Crippen LogP contribution in [0, 0.1) is 11.3 Å². The van der Waals surface area contributed by atoms with E-state index in [1.54, 1.807) is 4.90 Å². The third-order valence-corrected chi connectivity index (χ3v) is 3.73. The molecule has 0 spiro atoms. The fourth-order valence-corrected chi connectivity index (χ4v) is 2.58. The van der Waals surface area contributed by atoms with E-state index in [1.165, 1.54) is 5.56 Å². The third kappa shape index (κ3) is 5.57. The van der Waals surface area contributed by atoms with Gasteiger partial charge in [0.25, 0.3) is 0 Å². The largest absolute Gasteiger partial charge is 0.444 e. The van der Waals surface area contributed by atoms with Crippen LogP contribution in [0.3, 0.4) is 0 Å². The van der Waals surface area contributed by atoms with Gasteiger partial charge in [-0.1, -0.05) is 12.1 Å². The molecule has 0 N–H and O–H groups in total. The lowest BCUT2D eigenvalue weighted by molar-refractivity contribution is 0.0257. The van der Waals surface area contributed by atoms with Crippen molar-refractivity contribution in [2.45, 2.75) is 39.3 Å². The van der Waals surface area contributed by atoms with Gasteiger partial charge in [0.15, 0.2) is 0 Å². The molecule has 0 saturated carbocycles. The summed E-state index contributed by atoms with van der Waals surface area (Å²) in [4.78, 5) is 16.3. The van der Waals surface area contributed by atoms with E-state index in [0.29, 0.717) is 12.1 Å². The van der Waals surface area contributed by atoms with Crippen LogP contribution in [0.15, 0.2) is 24.3 Å². The summed E-state index contributed by atoms with van der Waals surface area (Å²) in [5.41, 5.74) is 1.42. The number of rotatable bonds is 2. The Morgan fingerprint density at radius 3 is 2.48 bits per heavy atom. The van der Waals surface area contributed by atoms with E-state index >= 15 is 0 Å². The Morgan fingerprint density at radius 2 is 1.87 bits per heavy atom. The lowest BCUT2D eigenvalue weighted by Gasteiger charge is -2.26. The topological polar surface area (TPSA) is 56.6 Å². The average Bonchev–Trinajstić information content (AvgIpc) is 2.72. The summed E-state index contributed by atoms with van der Waals surface area (Å²) in [6, 6.07) is 9.82. The van der Waals surface area contributed by atoms with Crippen molar-refractivity contribution in [3.63, 3.8) is 0 Å². The summed E-state index contributed by atoms with van der Waals surface area (Å²) in [7, 11) is 0. The smallest absolute Gasteiger partial charge is 0.410 e. The lowest BCUT2D eigenvalue weighted by Crippen LogP contribution is -2.39. The summed E-state index contributed by atoms with van der Waals surface area (Å²) in [5.74, 6) is 0. The van der Waals surface area contributed by atoms with Crippen LogP contribution in [0.25, 0.3) is 0 Å². The van der Waals surface area contributed by atoms with Crippen molar-refractivity contribution in [3.8, 4) is 6.07 Å². The van der Waals surface area contributed by atoms with Gasteiger partial charge in [0.2, 0.25) is 0 Å². The first-order valence-electron chi connectivity index (χ1n) is 8.07. The van der Waals surface area contributed by atoms with Crippen molar-refractivity contribution in [1.82, 2.24) is 9.80 Å². The molecule has 1 aliphatic rings. The monoisotopic (exact) mass is 315 g/mol. The standard InChI is InChI=1S/C18H25N3O2/c1-18(2,3)23-17(22)21-10-4-9-20(11-12-21)14-16-7-5-15(13-19)6-8-16/h5-8H,4,9-12,14H2,1-3H3. The van der Waals surface area contributed by atoms with Crippen molar-refractivity contribution in [1.29, 1.82) is 5.26 Å². The maximum absolute atomic E-state index is 12.2. The fourth-order valence-electron chi connectivity index (χ4n) is 2.58. The number of ether oxygens (including phenoxy) is 1. The van der Waals surface area contributed by atoms with Crippen molar-refractivity contribution < 1.29 is 9.53 Å². The van der Waals surface area contributed by atoms with E-state index < -0.39 is 5.60 Å². The molecule has 2 rings (SSSR count). The van der Waals surface area contributed by atoms with Gasteiger partial charge in [-0.15, -0.1) is 0 Å². The summed E-state index contributed by atoms with van der Waals surface area (Å²) in [5, 5.41) is 8.84. The predicted octanol–water partition coefficient (Wildman–Crippen LogP) is 3.00. The van der Waals surface area contributed by atoms with Gasteiger partial charge in [-0.3, -0.25) is 4.90 Å². The van der Waals surface area contributed by atoms with Crippen LogP contribution in [0.4, 0.5) is 4.79 Å². The molecule has 1 aromatic rings. The molecule has 0 aromatic heterocycles. The number of amides is 1. The number of hydrogen-bond acceptors (Lipinski definition) is 4. The van der Waals surface area contributed by atoms with E-state index in [2.05, 4.69) is 11.0 Å². The minimum Gasteiger partial charge on any atom is -0.444 e. The molecule has 5 nitrogen and oxygen atoms in total. The van der Waals surface area contributed by atoms with Crippen LogP contribution in [0.2, 0.25) is 0 Å². The highest BCUT2D eigenvalue weighted by molar-refractivity contribution is 5.68. The summed E-state index contributed by atoms with van der Waals surface area (Å²) in [6.07, 6.45) is 0.716. The molecule has 1 amide bonds. The number of hydrogen-bond donors (Lipinski definition) is 0. The summed E-state index contributed by atoms with van der Waals surface area (Å²) >= 11 is 0. The van der Waals surface area contributed by atoms with Gasteiger partial charge in [-0.25, -0.2) is 4.79 Å². The fraction of sp³-hybridized carbons (Fsp3) is 0.556. The number of nitrogens with zero attached hydrogens (tertiary/aromatic N) is 3. The summed E-state index contributed by atoms with van der Waals surface area (Å²) < 4.78 is 5.45. The summed E-state index contributed by atoms with van der Waals surface area (Å²) in [6.45, 7) is 9.72. The second-order valence-corrected chi connectivity index (χ2v) is 6.91. The zero-order chi connectivity index (χ0) is 16.9. The molecule has 0 atom stereocenters. The number of carbonyl (C=O) groups excluding carboxylic acids is 1. The Bertz CT molecular complexity index is 569. The highest BCUT2D eigenvalue weighted by atomic mass is 16.6. The first-order chi connectivity index (χ1) is 10.9. The molecule has 124 valence electrons. The van der Waals surface area contributed by atoms with Crippen molar-refractivity contribution in [3.05, 3.63) is 35.4 Å². The Hall–Kier alpha value is -2.06. The van der Waals surface area contributed by atoms with Gasteiger partial charge in [-0.05, 0) is 44.9 Å². The van der Waals surface area contributed by atoms with Crippen LogP contribution < -0.4 is 0 Å². The maximum atomic E-state index is 12.2. The van der Waals surface area contributed by atoms with Crippen molar-refractivity contribution >= 4 is 6.09 Å². The maximum Gasteiger partial charge on any atom is 0.410 e. The van der Waals surface area contributed by atoms with E-state index in [0.717, 1.165) is 32.6 Å². The Morgan fingerprint density at radius 1 is 1.17 bits per heavy atom. The number of carbonyl (C=O) groups is 1. The molecule has 0 radical (unpaired) electrons. The molecular formula is C18H25N3O2. The van der Waals surface area contributed by atoms with E-state index in [4.69, 9.17) is 10.00 Å². The molecule has 23 heavy (non-hydrogen) atoms. The molecule has 1 aliphatic heterocycles. The van der Waals surface area contributed by atoms with Gasteiger partial charge in [0.1, 0.15) is 5.60 Å². The first kappa shape index (κ1) is 17.3. The molecule has 1 fully saturated rings. The molecule has 0 aliphatic carbocycles. The van der Waals surface area contributed by atoms with Crippen LogP contribution in [0.5, 0.6) is 0 Å². The second kappa shape index (κ2) is 7.47. The number of benzene rings is 1. The molecule has 0 unspecified atom stereocenters. The van der Waals surface area contributed by atoms with Crippen LogP contribution in [0.1, 0.15) is 38.3 Å². The minimum atomic E-state index is -0.453. The molecule has 1 aromatic carbocycles. The first-order valence-corrected chi connectivity index (χ1v) is 8.07. The van der Waals surface area contributed by atoms with Crippen LogP contribution in [-0.4, -0.2) is 47.7 Å². The zero-order valence-corrected chi connectivity index (χ0v) is 14.2. The number of nitriles is 1. The Kier molecular flexibility index (Phi) is 5.62. The quantitative estimate of drug-likeness (QED) is 0.842. The minimum absolute atomic E-state index is 0.224. The zero-order valence-electron chi connectivity index (χ0n) is 14.2. The van der Waals surface area contributed by atoms with Gasteiger partial charge < -0.3 is 9.64 Å². The highest BCUT2D eigenvalue weighted by Crippen LogP contribution is 2.14. The lowest BCUT2D eigenvalue weighted by atomic mass is 10.1. The van der Waals surface area contributed by atoms with Gasteiger partial charge in [-0.2, -0.15) is 5.26 Å². The van der Waals surface area contributed by atoms with Gasteiger partial charge >= 0.3 is 6.09 Å². The predicted molar refractivity (Wildman–Crippen MR) is 88.9 cm³/mol. The highest BCUT2D eigenvalue weighted by Gasteiger charge is 2.24. The van der Waals surface area contributed by atoms with E-state index in [-0.39, 0.29) is 6.09 Å². The van der Waals surface area contributed by atoms with Crippen LogP contribution >= 0.6 is 0 Å². The Labute approximate surface area is 138 Å². The normalized spacial score (nSPS) is 16.5. The third-order valence-electron chi connectivity index (χ3n) is 3.73. The van der Waals surface area contributed by atoms with Crippen LogP contribution in [-0.2, 0) is 11.3 Å². The molecule has 0 bridgehead atoms. The average molecular weight is 315 g/mol. The molecular weight excluding hydrogens is 290 g/mol.